The van der Waals surface area contributed by atoms with Gasteiger partial charge in [-0.15, -0.1) is 6.58 Å². The molecule has 0 aliphatic carbocycles. The average Bonchev–Trinajstić information content (AvgIpc) is 2.16. The van der Waals surface area contributed by atoms with Crippen LogP contribution in [0.3, 0.4) is 0 Å². The number of carbonyl (C=O) groups is 2. The highest BCUT2D eigenvalue weighted by Crippen LogP contribution is 1.93. The topological polar surface area (TPSA) is 69.6 Å². The second kappa shape index (κ2) is 7.84. The Balaban J connectivity index is 3.90. The molecule has 0 fully saturated rings. The third kappa shape index (κ3) is 6.54. The maximum absolute atomic E-state index is 11.5. The van der Waals surface area contributed by atoms with Crippen LogP contribution in [0.4, 0.5) is 4.79 Å². The molecule has 2 amide bonds. The lowest BCUT2D eigenvalue weighted by atomic mass is 10.4. The van der Waals surface area contributed by atoms with Crippen molar-refractivity contribution in [3.63, 3.8) is 0 Å². The zero-order valence-corrected chi connectivity index (χ0v) is 9.03. The number of carboxylic acid groups (broad SMARTS) is 1. The number of urea groups is 1. The summed E-state index contributed by atoms with van der Waals surface area (Å²) in [5.74, 6) is -0.916. The van der Waals surface area contributed by atoms with E-state index in [-0.39, 0.29) is 19.0 Å². The molecule has 0 rings (SSSR count). The van der Waals surface area contributed by atoms with Crippen molar-refractivity contribution in [2.24, 2.45) is 0 Å². The molecule has 0 heterocycles. The highest BCUT2D eigenvalue weighted by atomic mass is 16.4. The van der Waals surface area contributed by atoms with Crippen molar-refractivity contribution < 1.29 is 14.7 Å². The largest absolute Gasteiger partial charge is 0.481 e. The van der Waals surface area contributed by atoms with Gasteiger partial charge in [0.2, 0.25) is 0 Å². The van der Waals surface area contributed by atoms with Crippen LogP contribution < -0.4 is 5.32 Å². The van der Waals surface area contributed by atoms with E-state index in [0.29, 0.717) is 13.1 Å². The Bertz CT molecular complexity index is 229. The first-order chi connectivity index (χ1) is 7.11. The zero-order valence-electron chi connectivity index (χ0n) is 9.03. The van der Waals surface area contributed by atoms with Gasteiger partial charge in [0.25, 0.3) is 0 Å². The quantitative estimate of drug-likeness (QED) is 0.623. The second-order valence-corrected chi connectivity index (χ2v) is 3.11. The molecule has 0 aliphatic rings. The number of nitrogens with one attached hydrogen (secondary N) is 1. The first-order valence-electron chi connectivity index (χ1n) is 4.97. The first kappa shape index (κ1) is 13.5. The predicted octanol–water partition coefficient (Wildman–Crippen LogP) is 1.07. The number of aliphatic carboxylic acids is 1. The minimum atomic E-state index is -0.916. The van der Waals surface area contributed by atoms with Crippen LogP contribution in [0.1, 0.15) is 19.8 Å². The van der Waals surface area contributed by atoms with Crippen LogP contribution >= 0.6 is 0 Å². The van der Waals surface area contributed by atoms with Gasteiger partial charge in [-0.3, -0.25) is 4.79 Å². The summed E-state index contributed by atoms with van der Waals surface area (Å²) in [6, 6.07) is -0.238. The molecule has 0 atom stereocenters. The Morgan fingerprint density at radius 2 is 2.20 bits per heavy atom. The maximum atomic E-state index is 11.5. The standard InChI is InChI=1S/C10H18N2O3/c1-3-7-12(8-4-2)10(15)11-6-5-9(13)14/h3H,1,4-8H2,2H3,(H,11,15)(H,13,14). The molecule has 0 aliphatic heterocycles. The smallest absolute Gasteiger partial charge is 0.317 e. The molecule has 0 saturated heterocycles. The van der Waals surface area contributed by atoms with Crippen molar-refractivity contribution >= 4 is 12.0 Å². The first-order valence-corrected chi connectivity index (χ1v) is 4.97. The van der Waals surface area contributed by atoms with E-state index in [0.717, 1.165) is 6.42 Å². The van der Waals surface area contributed by atoms with Gasteiger partial charge in [0.05, 0.1) is 6.42 Å². The Hall–Kier alpha value is -1.52. The van der Waals surface area contributed by atoms with Crippen molar-refractivity contribution in [2.45, 2.75) is 19.8 Å². The van der Waals surface area contributed by atoms with Crippen molar-refractivity contribution in [3.8, 4) is 0 Å². The van der Waals surface area contributed by atoms with E-state index in [4.69, 9.17) is 5.11 Å². The Morgan fingerprint density at radius 1 is 1.53 bits per heavy atom. The summed E-state index contributed by atoms with van der Waals surface area (Å²) in [6.45, 7) is 6.81. The Labute approximate surface area is 89.8 Å². The van der Waals surface area contributed by atoms with E-state index >= 15 is 0 Å². The minimum Gasteiger partial charge on any atom is -0.481 e. The molecular formula is C10H18N2O3. The lowest BCUT2D eigenvalue weighted by Gasteiger charge is -2.20. The molecule has 0 saturated carbocycles. The van der Waals surface area contributed by atoms with Gasteiger partial charge in [0.15, 0.2) is 0 Å². The van der Waals surface area contributed by atoms with Gasteiger partial charge in [-0.1, -0.05) is 13.0 Å². The third-order valence-electron chi connectivity index (χ3n) is 1.75. The fourth-order valence-electron chi connectivity index (χ4n) is 1.09. The van der Waals surface area contributed by atoms with E-state index in [9.17, 15) is 9.59 Å². The van der Waals surface area contributed by atoms with Gasteiger partial charge < -0.3 is 15.3 Å². The molecule has 0 radical (unpaired) electrons. The van der Waals surface area contributed by atoms with Crippen LogP contribution in [0, 0.1) is 0 Å². The average molecular weight is 214 g/mol. The van der Waals surface area contributed by atoms with Crippen LogP contribution in [0.2, 0.25) is 0 Å². The second-order valence-electron chi connectivity index (χ2n) is 3.11. The molecule has 0 aromatic rings. The van der Waals surface area contributed by atoms with Gasteiger partial charge in [0, 0.05) is 19.6 Å². The molecule has 0 aromatic carbocycles. The molecular weight excluding hydrogens is 196 g/mol. The van der Waals surface area contributed by atoms with Gasteiger partial charge in [-0.05, 0) is 6.42 Å². The summed E-state index contributed by atoms with van der Waals surface area (Å²) in [7, 11) is 0. The van der Waals surface area contributed by atoms with Crippen molar-refractivity contribution in [2.75, 3.05) is 19.6 Å². The lowest BCUT2D eigenvalue weighted by Crippen LogP contribution is -2.41. The third-order valence-corrected chi connectivity index (χ3v) is 1.75. The fourth-order valence-corrected chi connectivity index (χ4v) is 1.09. The highest BCUT2D eigenvalue weighted by Gasteiger charge is 2.10. The molecule has 86 valence electrons. The van der Waals surface area contributed by atoms with Gasteiger partial charge >= 0.3 is 12.0 Å². The Kier molecular flexibility index (Phi) is 7.05. The molecule has 0 unspecified atom stereocenters. The molecule has 0 spiro atoms. The predicted molar refractivity (Wildman–Crippen MR) is 57.7 cm³/mol. The van der Waals surface area contributed by atoms with Gasteiger partial charge in [0.1, 0.15) is 0 Å². The summed E-state index contributed by atoms with van der Waals surface area (Å²) in [5.41, 5.74) is 0. The van der Waals surface area contributed by atoms with Crippen LogP contribution in [0.25, 0.3) is 0 Å². The maximum Gasteiger partial charge on any atom is 0.317 e. The molecule has 5 nitrogen and oxygen atoms in total. The van der Waals surface area contributed by atoms with Crippen molar-refractivity contribution in [3.05, 3.63) is 12.7 Å². The number of carbonyl (C=O) groups excluding carboxylic acids is 1. The van der Waals surface area contributed by atoms with E-state index in [1.165, 1.54) is 0 Å². The molecule has 15 heavy (non-hydrogen) atoms. The number of carboxylic acids is 1. The highest BCUT2D eigenvalue weighted by molar-refractivity contribution is 5.75. The molecule has 5 heteroatoms. The SMILES string of the molecule is C=CCN(CCC)C(=O)NCCC(=O)O. The van der Waals surface area contributed by atoms with Gasteiger partial charge in [-0.25, -0.2) is 4.79 Å². The van der Waals surface area contributed by atoms with E-state index < -0.39 is 5.97 Å². The Morgan fingerprint density at radius 3 is 2.67 bits per heavy atom. The lowest BCUT2D eigenvalue weighted by molar-refractivity contribution is -0.136. The number of nitrogens with zero attached hydrogens (tertiary/aromatic N) is 1. The van der Waals surface area contributed by atoms with Crippen molar-refractivity contribution in [1.29, 1.82) is 0 Å². The van der Waals surface area contributed by atoms with Crippen LogP contribution in [0.5, 0.6) is 0 Å². The summed E-state index contributed by atoms with van der Waals surface area (Å²) in [5, 5.41) is 10.9. The molecule has 0 aromatic heterocycles. The monoisotopic (exact) mass is 214 g/mol. The van der Waals surface area contributed by atoms with Crippen LogP contribution in [-0.2, 0) is 4.79 Å². The number of amides is 2. The summed E-state index contributed by atoms with van der Waals surface area (Å²) in [4.78, 5) is 23.3. The summed E-state index contributed by atoms with van der Waals surface area (Å²) < 4.78 is 0. The van der Waals surface area contributed by atoms with E-state index in [2.05, 4.69) is 11.9 Å². The molecule has 0 bridgehead atoms. The van der Waals surface area contributed by atoms with Crippen LogP contribution in [-0.4, -0.2) is 41.6 Å². The summed E-state index contributed by atoms with van der Waals surface area (Å²) >= 11 is 0. The molecule has 2 N–H and O–H groups in total. The normalized spacial score (nSPS) is 9.40. The number of hydrogen-bond acceptors (Lipinski definition) is 2. The van der Waals surface area contributed by atoms with Gasteiger partial charge in [-0.2, -0.15) is 0 Å². The zero-order chi connectivity index (χ0) is 11.7. The number of hydrogen-bond donors (Lipinski definition) is 2. The van der Waals surface area contributed by atoms with E-state index in [1.54, 1.807) is 11.0 Å². The van der Waals surface area contributed by atoms with Crippen LogP contribution in [0.15, 0.2) is 12.7 Å². The van der Waals surface area contributed by atoms with E-state index in [1.807, 2.05) is 6.92 Å². The summed E-state index contributed by atoms with van der Waals surface area (Å²) in [6.07, 6.45) is 2.45. The fraction of sp³-hybridized carbons (Fsp3) is 0.600. The van der Waals surface area contributed by atoms with Crippen molar-refractivity contribution in [1.82, 2.24) is 10.2 Å². The number of rotatable bonds is 7. The minimum absolute atomic E-state index is 0.0558.